The van der Waals surface area contributed by atoms with Crippen molar-refractivity contribution in [2.45, 2.75) is 52.5 Å². The van der Waals surface area contributed by atoms with Crippen LogP contribution in [-0.2, 0) is 19.3 Å². The Labute approximate surface area is 133 Å². The molecule has 0 aliphatic rings. The third-order valence-electron chi connectivity index (χ3n) is 3.76. The molecule has 2 rings (SSSR count). The van der Waals surface area contributed by atoms with Crippen LogP contribution in [0.5, 0.6) is 0 Å². The molecule has 0 saturated heterocycles. The summed E-state index contributed by atoms with van der Waals surface area (Å²) in [6, 6.07) is 14.0. The first-order chi connectivity index (χ1) is 10.2. The van der Waals surface area contributed by atoms with E-state index in [4.69, 9.17) is 0 Å². The molecule has 2 heteroatoms. The Morgan fingerprint density at radius 1 is 1.05 bits per heavy atom. The van der Waals surface area contributed by atoms with Crippen LogP contribution in [0.3, 0.4) is 0 Å². The fraction of sp³-hybridized carbons (Fsp3) is 0.474. The van der Waals surface area contributed by atoms with Crippen LogP contribution >= 0.6 is 11.3 Å². The van der Waals surface area contributed by atoms with Crippen molar-refractivity contribution in [3.63, 3.8) is 0 Å². The maximum absolute atomic E-state index is 3.72. The Morgan fingerprint density at radius 3 is 2.52 bits per heavy atom. The van der Waals surface area contributed by atoms with Crippen LogP contribution in [0, 0.1) is 6.92 Å². The number of hydrogen-bond acceptors (Lipinski definition) is 2. The molecule has 1 aromatic heterocycles. The highest BCUT2D eigenvalue weighted by Gasteiger charge is 2.11. The lowest BCUT2D eigenvalue weighted by atomic mass is 10.0. The van der Waals surface area contributed by atoms with Gasteiger partial charge in [-0.1, -0.05) is 43.7 Å². The molecule has 1 atom stereocenters. The predicted octanol–water partition coefficient (Wildman–Crippen LogP) is 4.77. The molecule has 114 valence electrons. The maximum atomic E-state index is 3.72. The number of aryl methyl sites for hydroxylation is 2. The molecule has 21 heavy (non-hydrogen) atoms. The summed E-state index contributed by atoms with van der Waals surface area (Å²) < 4.78 is 0. The van der Waals surface area contributed by atoms with Gasteiger partial charge >= 0.3 is 0 Å². The van der Waals surface area contributed by atoms with Gasteiger partial charge in [-0.3, -0.25) is 0 Å². The molecule has 0 spiro atoms. The number of hydrogen-bond donors (Lipinski definition) is 1. The van der Waals surface area contributed by atoms with E-state index in [-0.39, 0.29) is 0 Å². The van der Waals surface area contributed by atoms with Crippen molar-refractivity contribution in [1.29, 1.82) is 0 Å². The summed E-state index contributed by atoms with van der Waals surface area (Å²) >= 11 is 1.97. The van der Waals surface area contributed by atoms with Gasteiger partial charge in [-0.2, -0.15) is 0 Å². The second kappa shape index (κ2) is 8.35. The SMILES string of the molecule is CCCNC(Cc1cccc(C)c1)Cc1ccc(CC)s1. The van der Waals surface area contributed by atoms with E-state index in [0.29, 0.717) is 6.04 Å². The summed E-state index contributed by atoms with van der Waals surface area (Å²) in [6.45, 7) is 7.74. The van der Waals surface area contributed by atoms with Crippen molar-refractivity contribution in [2.24, 2.45) is 0 Å². The Balaban J connectivity index is 2.03. The summed E-state index contributed by atoms with van der Waals surface area (Å²) in [6.07, 6.45) is 4.59. The summed E-state index contributed by atoms with van der Waals surface area (Å²) in [5.74, 6) is 0. The maximum Gasteiger partial charge on any atom is 0.0156 e. The lowest BCUT2D eigenvalue weighted by molar-refractivity contribution is 0.507. The topological polar surface area (TPSA) is 12.0 Å². The van der Waals surface area contributed by atoms with Crippen LogP contribution in [0.1, 0.15) is 41.1 Å². The van der Waals surface area contributed by atoms with Gasteiger partial charge in [0.2, 0.25) is 0 Å². The molecule has 0 radical (unpaired) electrons. The first kappa shape index (κ1) is 16.3. The molecule has 0 fully saturated rings. The zero-order valence-corrected chi connectivity index (χ0v) is 14.3. The number of benzene rings is 1. The van der Waals surface area contributed by atoms with Crippen molar-refractivity contribution >= 4 is 11.3 Å². The van der Waals surface area contributed by atoms with E-state index in [2.05, 4.69) is 62.5 Å². The highest BCUT2D eigenvalue weighted by molar-refractivity contribution is 7.11. The Kier molecular flexibility index (Phi) is 6.47. The van der Waals surface area contributed by atoms with E-state index in [1.807, 2.05) is 11.3 Å². The minimum atomic E-state index is 0.537. The predicted molar refractivity (Wildman–Crippen MR) is 94.4 cm³/mol. The number of nitrogens with one attached hydrogen (secondary N) is 1. The van der Waals surface area contributed by atoms with E-state index in [1.165, 1.54) is 27.3 Å². The lowest BCUT2D eigenvalue weighted by Gasteiger charge is -2.18. The molecule has 1 unspecified atom stereocenters. The van der Waals surface area contributed by atoms with Gasteiger partial charge in [0.05, 0.1) is 0 Å². The highest BCUT2D eigenvalue weighted by atomic mass is 32.1. The van der Waals surface area contributed by atoms with Crippen molar-refractivity contribution in [2.75, 3.05) is 6.54 Å². The van der Waals surface area contributed by atoms with Gasteiger partial charge in [-0.05, 0) is 56.8 Å². The van der Waals surface area contributed by atoms with Crippen molar-refractivity contribution in [3.8, 4) is 0 Å². The number of rotatable bonds is 8. The molecule has 2 aromatic rings. The minimum Gasteiger partial charge on any atom is -0.313 e. The molecule has 0 aliphatic carbocycles. The Morgan fingerprint density at radius 2 is 1.86 bits per heavy atom. The van der Waals surface area contributed by atoms with E-state index in [9.17, 15) is 0 Å². The second-order valence-corrected chi connectivity index (χ2v) is 7.02. The van der Waals surface area contributed by atoms with Gasteiger partial charge in [0.15, 0.2) is 0 Å². The standard InChI is InChI=1S/C19H27NS/c1-4-11-20-17(13-16-8-6-7-15(3)12-16)14-19-10-9-18(5-2)21-19/h6-10,12,17,20H,4-5,11,13-14H2,1-3H3. The molecule has 1 nitrogen and oxygen atoms in total. The van der Waals surface area contributed by atoms with Crippen LogP contribution in [0.4, 0.5) is 0 Å². The van der Waals surface area contributed by atoms with Crippen LogP contribution in [0.25, 0.3) is 0 Å². The summed E-state index contributed by atoms with van der Waals surface area (Å²) in [4.78, 5) is 3.00. The summed E-state index contributed by atoms with van der Waals surface area (Å²) in [7, 11) is 0. The monoisotopic (exact) mass is 301 g/mol. The van der Waals surface area contributed by atoms with Crippen LogP contribution in [-0.4, -0.2) is 12.6 Å². The summed E-state index contributed by atoms with van der Waals surface area (Å²) in [5, 5.41) is 3.72. The van der Waals surface area contributed by atoms with Crippen molar-refractivity contribution in [3.05, 3.63) is 57.3 Å². The number of thiophene rings is 1. The van der Waals surface area contributed by atoms with Gasteiger partial charge in [-0.15, -0.1) is 11.3 Å². The quantitative estimate of drug-likeness (QED) is 0.740. The van der Waals surface area contributed by atoms with E-state index in [1.54, 1.807) is 0 Å². The van der Waals surface area contributed by atoms with Crippen molar-refractivity contribution in [1.82, 2.24) is 5.32 Å². The van der Waals surface area contributed by atoms with Crippen molar-refractivity contribution < 1.29 is 0 Å². The molecule has 0 saturated carbocycles. The average Bonchev–Trinajstić information content (AvgIpc) is 2.92. The van der Waals surface area contributed by atoms with E-state index in [0.717, 1.165) is 25.8 Å². The van der Waals surface area contributed by atoms with Gasteiger partial charge < -0.3 is 5.32 Å². The van der Waals surface area contributed by atoms with Gasteiger partial charge in [0.25, 0.3) is 0 Å². The smallest absolute Gasteiger partial charge is 0.0156 e. The molecule has 1 aromatic carbocycles. The van der Waals surface area contributed by atoms with E-state index < -0.39 is 0 Å². The molecule has 1 N–H and O–H groups in total. The molecule has 0 aliphatic heterocycles. The molecule has 1 heterocycles. The van der Waals surface area contributed by atoms with Gasteiger partial charge in [0.1, 0.15) is 0 Å². The molecular weight excluding hydrogens is 274 g/mol. The molecular formula is C19H27NS. The zero-order chi connectivity index (χ0) is 15.1. The molecule has 0 bridgehead atoms. The Hall–Kier alpha value is -1.12. The third-order valence-corrected chi connectivity index (χ3v) is 5.01. The third kappa shape index (κ3) is 5.29. The van der Waals surface area contributed by atoms with E-state index >= 15 is 0 Å². The van der Waals surface area contributed by atoms with Crippen LogP contribution < -0.4 is 5.32 Å². The fourth-order valence-electron chi connectivity index (χ4n) is 2.65. The van der Waals surface area contributed by atoms with Gasteiger partial charge in [0, 0.05) is 15.8 Å². The zero-order valence-electron chi connectivity index (χ0n) is 13.5. The average molecular weight is 301 g/mol. The lowest BCUT2D eigenvalue weighted by Crippen LogP contribution is -2.33. The minimum absolute atomic E-state index is 0.537. The van der Waals surface area contributed by atoms with Crippen LogP contribution in [0.15, 0.2) is 36.4 Å². The fourth-order valence-corrected chi connectivity index (χ4v) is 3.69. The normalized spacial score (nSPS) is 12.5. The molecule has 0 amide bonds. The first-order valence-corrected chi connectivity index (χ1v) is 8.89. The first-order valence-electron chi connectivity index (χ1n) is 8.07. The van der Waals surface area contributed by atoms with Gasteiger partial charge in [-0.25, -0.2) is 0 Å². The van der Waals surface area contributed by atoms with Crippen LogP contribution in [0.2, 0.25) is 0 Å². The highest BCUT2D eigenvalue weighted by Crippen LogP contribution is 2.20. The Bertz CT molecular complexity index is 544. The summed E-state index contributed by atoms with van der Waals surface area (Å²) in [5.41, 5.74) is 2.79. The second-order valence-electron chi connectivity index (χ2n) is 5.77. The largest absolute Gasteiger partial charge is 0.313 e.